The topological polar surface area (TPSA) is 41.6 Å². The molecule has 5 heteroatoms. The van der Waals surface area contributed by atoms with Crippen molar-refractivity contribution >= 4 is 33.2 Å². The molecule has 3 aromatic rings. The van der Waals surface area contributed by atoms with E-state index in [0.717, 1.165) is 21.6 Å². The van der Waals surface area contributed by atoms with Gasteiger partial charge in [0.2, 0.25) is 0 Å². The first-order chi connectivity index (χ1) is 8.13. The Morgan fingerprint density at radius 3 is 2.76 bits per heavy atom. The molecule has 0 aromatic carbocycles. The number of rotatable bonds is 1. The molecule has 0 spiro atoms. The second kappa shape index (κ2) is 3.82. The van der Waals surface area contributed by atoms with E-state index in [-0.39, 0.29) is 0 Å². The van der Waals surface area contributed by atoms with Crippen LogP contribution in [-0.2, 0) is 0 Å². The van der Waals surface area contributed by atoms with E-state index in [9.17, 15) is 0 Å². The Morgan fingerprint density at radius 2 is 2.06 bits per heavy atom. The number of hydrogen-bond acceptors (Lipinski definition) is 3. The number of aromatic nitrogens is 3. The van der Waals surface area contributed by atoms with Crippen LogP contribution in [0.4, 0.5) is 0 Å². The first kappa shape index (κ1) is 10.7. The van der Waals surface area contributed by atoms with Crippen LogP contribution in [0.15, 0.2) is 18.2 Å². The molecule has 0 radical (unpaired) electrons. The lowest BCUT2D eigenvalue weighted by atomic mass is 10.3. The molecular weight excluding hydrogens is 254 g/mol. The first-order valence-electron chi connectivity index (χ1n) is 5.23. The quantitative estimate of drug-likeness (QED) is 0.675. The molecule has 0 amide bonds. The van der Waals surface area contributed by atoms with Gasteiger partial charge in [0.05, 0.1) is 5.69 Å². The summed E-state index contributed by atoms with van der Waals surface area (Å²) in [5, 5.41) is 1.45. The third kappa shape index (κ3) is 1.83. The van der Waals surface area contributed by atoms with Crippen LogP contribution < -0.4 is 0 Å². The van der Waals surface area contributed by atoms with E-state index in [0.29, 0.717) is 11.0 Å². The van der Waals surface area contributed by atoms with Gasteiger partial charge in [-0.3, -0.25) is 0 Å². The van der Waals surface area contributed by atoms with Gasteiger partial charge in [-0.15, -0.1) is 11.3 Å². The highest BCUT2D eigenvalue weighted by molar-refractivity contribution is 7.18. The van der Waals surface area contributed by atoms with Gasteiger partial charge in [0, 0.05) is 16.0 Å². The van der Waals surface area contributed by atoms with Crippen molar-refractivity contribution in [2.75, 3.05) is 0 Å². The lowest BCUT2D eigenvalue weighted by Gasteiger charge is -1.98. The Balaban J connectivity index is 2.24. The van der Waals surface area contributed by atoms with Crippen LogP contribution in [0.3, 0.4) is 0 Å². The summed E-state index contributed by atoms with van der Waals surface area (Å²) in [7, 11) is 0. The summed E-state index contributed by atoms with van der Waals surface area (Å²) in [5.41, 5.74) is 1.99. The van der Waals surface area contributed by atoms with E-state index in [1.807, 2.05) is 32.0 Å². The van der Waals surface area contributed by atoms with E-state index >= 15 is 0 Å². The fraction of sp³-hybridized carbons (Fsp3) is 0.167. The van der Waals surface area contributed by atoms with Crippen LogP contribution in [0, 0.1) is 13.8 Å². The molecule has 0 bridgehead atoms. The number of fused-ring (bicyclic) bond motifs is 1. The SMILES string of the molecule is Cc1ccc(-c2nc(Cl)c3cc(C)sc3n2)[nH]1. The van der Waals surface area contributed by atoms with Crippen molar-refractivity contribution < 1.29 is 0 Å². The second-order valence-electron chi connectivity index (χ2n) is 3.97. The predicted octanol–water partition coefficient (Wildman–Crippen LogP) is 3.96. The highest BCUT2D eigenvalue weighted by Gasteiger charge is 2.11. The largest absolute Gasteiger partial charge is 0.356 e. The van der Waals surface area contributed by atoms with E-state index in [1.165, 1.54) is 4.88 Å². The van der Waals surface area contributed by atoms with Crippen LogP contribution in [-0.4, -0.2) is 15.0 Å². The number of aryl methyl sites for hydroxylation is 2. The average Bonchev–Trinajstić information content (AvgIpc) is 2.83. The maximum Gasteiger partial charge on any atom is 0.178 e. The van der Waals surface area contributed by atoms with Gasteiger partial charge in [0.25, 0.3) is 0 Å². The maximum atomic E-state index is 6.17. The van der Waals surface area contributed by atoms with Crippen LogP contribution in [0.25, 0.3) is 21.7 Å². The fourth-order valence-corrected chi connectivity index (χ4v) is 2.92. The Kier molecular flexibility index (Phi) is 2.42. The van der Waals surface area contributed by atoms with Gasteiger partial charge in [-0.2, -0.15) is 0 Å². The average molecular weight is 264 g/mol. The number of H-pyrrole nitrogens is 1. The minimum absolute atomic E-state index is 0.515. The van der Waals surface area contributed by atoms with Crippen molar-refractivity contribution in [1.82, 2.24) is 15.0 Å². The number of thiophene rings is 1. The lowest BCUT2D eigenvalue weighted by molar-refractivity contribution is 1.18. The third-order valence-electron chi connectivity index (χ3n) is 2.54. The molecule has 0 atom stereocenters. The molecule has 3 heterocycles. The van der Waals surface area contributed by atoms with E-state index in [2.05, 4.69) is 15.0 Å². The standard InChI is InChI=1S/C12H10ClN3S/c1-6-3-4-9(14-6)11-15-10(13)8-5-7(2)17-12(8)16-11/h3-5,14H,1-2H3. The summed E-state index contributed by atoms with van der Waals surface area (Å²) >= 11 is 7.81. The highest BCUT2D eigenvalue weighted by Crippen LogP contribution is 2.30. The van der Waals surface area contributed by atoms with Crippen molar-refractivity contribution in [3.8, 4) is 11.5 Å². The van der Waals surface area contributed by atoms with E-state index < -0.39 is 0 Å². The van der Waals surface area contributed by atoms with Crippen LogP contribution >= 0.6 is 22.9 Å². The van der Waals surface area contributed by atoms with Crippen molar-refractivity contribution in [2.24, 2.45) is 0 Å². The molecule has 3 aromatic heterocycles. The van der Waals surface area contributed by atoms with Crippen LogP contribution in [0.2, 0.25) is 5.15 Å². The normalized spacial score (nSPS) is 11.2. The summed E-state index contributed by atoms with van der Waals surface area (Å²) in [5.74, 6) is 0.650. The molecule has 0 saturated carbocycles. The summed E-state index contributed by atoms with van der Waals surface area (Å²) in [6.45, 7) is 4.04. The van der Waals surface area contributed by atoms with E-state index in [1.54, 1.807) is 11.3 Å². The molecule has 1 N–H and O–H groups in total. The molecule has 17 heavy (non-hydrogen) atoms. The Morgan fingerprint density at radius 1 is 1.24 bits per heavy atom. The monoisotopic (exact) mass is 263 g/mol. The van der Waals surface area contributed by atoms with Crippen LogP contribution in [0.1, 0.15) is 10.6 Å². The van der Waals surface area contributed by atoms with Gasteiger partial charge in [-0.25, -0.2) is 9.97 Å². The molecule has 0 unspecified atom stereocenters. The van der Waals surface area contributed by atoms with Crippen molar-refractivity contribution in [3.63, 3.8) is 0 Å². The molecular formula is C12H10ClN3S. The minimum atomic E-state index is 0.515. The van der Waals surface area contributed by atoms with Crippen molar-refractivity contribution in [3.05, 3.63) is 33.9 Å². The van der Waals surface area contributed by atoms with Gasteiger partial charge in [-0.1, -0.05) is 11.6 Å². The lowest BCUT2D eigenvalue weighted by Crippen LogP contribution is -1.89. The number of nitrogens with one attached hydrogen (secondary N) is 1. The van der Waals surface area contributed by atoms with Gasteiger partial charge in [-0.05, 0) is 32.0 Å². The summed E-state index contributed by atoms with van der Waals surface area (Å²) in [4.78, 5) is 14.2. The Hall–Kier alpha value is -1.39. The van der Waals surface area contributed by atoms with Gasteiger partial charge in [0.1, 0.15) is 9.98 Å². The molecule has 0 aliphatic carbocycles. The highest BCUT2D eigenvalue weighted by atomic mass is 35.5. The molecule has 0 saturated heterocycles. The zero-order chi connectivity index (χ0) is 12.0. The molecule has 3 rings (SSSR count). The van der Waals surface area contributed by atoms with Gasteiger partial charge in [0.15, 0.2) is 5.82 Å². The Bertz CT molecular complexity index is 699. The third-order valence-corrected chi connectivity index (χ3v) is 3.77. The summed E-state index contributed by atoms with van der Waals surface area (Å²) in [6.07, 6.45) is 0. The van der Waals surface area contributed by atoms with E-state index in [4.69, 9.17) is 11.6 Å². The molecule has 3 nitrogen and oxygen atoms in total. The van der Waals surface area contributed by atoms with Gasteiger partial charge >= 0.3 is 0 Å². The first-order valence-corrected chi connectivity index (χ1v) is 6.42. The second-order valence-corrected chi connectivity index (χ2v) is 5.56. The molecule has 86 valence electrons. The smallest absolute Gasteiger partial charge is 0.178 e. The molecule has 0 aliphatic heterocycles. The molecule has 0 fully saturated rings. The van der Waals surface area contributed by atoms with Gasteiger partial charge < -0.3 is 4.98 Å². The van der Waals surface area contributed by atoms with Crippen molar-refractivity contribution in [2.45, 2.75) is 13.8 Å². The number of halogens is 1. The fourth-order valence-electron chi connectivity index (χ4n) is 1.76. The minimum Gasteiger partial charge on any atom is -0.356 e. The maximum absolute atomic E-state index is 6.17. The summed E-state index contributed by atoms with van der Waals surface area (Å²) in [6, 6.07) is 5.98. The number of aromatic amines is 1. The zero-order valence-corrected chi connectivity index (χ0v) is 11.0. The number of nitrogens with zero attached hydrogens (tertiary/aromatic N) is 2. The van der Waals surface area contributed by atoms with Crippen molar-refractivity contribution in [1.29, 1.82) is 0 Å². The summed E-state index contributed by atoms with van der Waals surface area (Å²) < 4.78 is 0. The zero-order valence-electron chi connectivity index (χ0n) is 9.41. The molecule has 0 aliphatic rings. The number of hydrogen-bond donors (Lipinski definition) is 1. The Labute approximate surface area is 107 Å². The predicted molar refractivity (Wildman–Crippen MR) is 71.7 cm³/mol. The van der Waals surface area contributed by atoms with Crippen LogP contribution in [0.5, 0.6) is 0 Å².